The van der Waals surface area contributed by atoms with Crippen molar-refractivity contribution in [1.29, 1.82) is 0 Å². The number of para-hydroxylation sites is 2. The lowest BCUT2D eigenvalue weighted by molar-refractivity contribution is 0.102. The lowest BCUT2D eigenvalue weighted by Crippen LogP contribution is -2.16. The SMILES string of the molecule is CCCOc1ccccc1NC(=O)c1cccc(S(=O)(=O)Nc2cc(Cl)ccc2OC)c1. The van der Waals surface area contributed by atoms with Crippen molar-refractivity contribution in [3.63, 3.8) is 0 Å². The van der Waals surface area contributed by atoms with Crippen molar-refractivity contribution in [2.45, 2.75) is 18.2 Å². The van der Waals surface area contributed by atoms with Crippen molar-refractivity contribution >= 4 is 38.9 Å². The molecule has 0 heterocycles. The van der Waals surface area contributed by atoms with E-state index in [0.29, 0.717) is 28.8 Å². The highest BCUT2D eigenvalue weighted by Gasteiger charge is 2.19. The average Bonchev–Trinajstić information content (AvgIpc) is 2.78. The Balaban J connectivity index is 1.84. The minimum Gasteiger partial charge on any atom is -0.495 e. The van der Waals surface area contributed by atoms with Gasteiger partial charge in [0.2, 0.25) is 0 Å². The summed E-state index contributed by atoms with van der Waals surface area (Å²) in [4.78, 5) is 12.7. The number of anilines is 2. The third-order valence-corrected chi connectivity index (χ3v) is 6.01. The number of halogens is 1. The Morgan fingerprint density at radius 2 is 1.75 bits per heavy atom. The highest BCUT2D eigenvalue weighted by Crippen LogP contribution is 2.30. The van der Waals surface area contributed by atoms with E-state index >= 15 is 0 Å². The molecular weight excluding hydrogens is 452 g/mol. The molecule has 0 aliphatic carbocycles. The van der Waals surface area contributed by atoms with Crippen molar-refractivity contribution in [2.24, 2.45) is 0 Å². The third kappa shape index (κ3) is 5.72. The van der Waals surface area contributed by atoms with Gasteiger partial charge in [-0.25, -0.2) is 8.42 Å². The van der Waals surface area contributed by atoms with Crippen LogP contribution in [0.1, 0.15) is 23.7 Å². The molecule has 9 heteroatoms. The standard InChI is InChI=1S/C23H23ClN2O5S/c1-3-13-31-22-10-5-4-9-19(22)25-23(27)16-7-6-8-18(14-16)32(28,29)26-20-15-17(24)11-12-21(20)30-2/h4-12,14-15,26H,3,13H2,1-2H3,(H,25,27). The van der Waals surface area contributed by atoms with E-state index in [0.717, 1.165) is 6.42 Å². The summed E-state index contributed by atoms with van der Waals surface area (Å²) in [6, 6.07) is 17.4. The molecule has 0 atom stereocenters. The van der Waals surface area contributed by atoms with Gasteiger partial charge >= 0.3 is 0 Å². The van der Waals surface area contributed by atoms with E-state index in [2.05, 4.69) is 10.0 Å². The molecule has 3 rings (SSSR count). The maximum absolute atomic E-state index is 12.9. The molecule has 0 bridgehead atoms. The van der Waals surface area contributed by atoms with E-state index in [1.165, 1.54) is 37.4 Å². The summed E-state index contributed by atoms with van der Waals surface area (Å²) in [6.45, 7) is 2.50. The van der Waals surface area contributed by atoms with E-state index in [9.17, 15) is 13.2 Å². The van der Waals surface area contributed by atoms with E-state index in [-0.39, 0.29) is 16.1 Å². The number of benzene rings is 3. The summed E-state index contributed by atoms with van der Waals surface area (Å²) >= 11 is 5.98. The predicted octanol–water partition coefficient (Wildman–Crippen LogP) is 5.19. The molecule has 0 aromatic heterocycles. The minimum atomic E-state index is -4.01. The van der Waals surface area contributed by atoms with Crippen LogP contribution in [0.2, 0.25) is 5.02 Å². The first-order valence-corrected chi connectivity index (χ1v) is 11.7. The van der Waals surface area contributed by atoms with Crippen molar-refractivity contribution in [3.05, 3.63) is 77.3 Å². The fraction of sp³-hybridized carbons (Fsp3) is 0.174. The molecule has 0 radical (unpaired) electrons. The van der Waals surface area contributed by atoms with Gasteiger partial charge < -0.3 is 14.8 Å². The maximum atomic E-state index is 12.9. The number of hydrogen-bond donors (Lipinski definition) is 2. The van der Waals surface area contributed by atoms with Crippen LogP contribution in [0, 0.1) is 0 Å². The Kier molecular flexibility index (Phi) is 7.61. The fourth-order valence-corrected chi connectivity index (χ4v) is 4.15. The summed E-state index contributed by atoms with van der Waals surface area (Å²) in [5.74, 6) is 0.395. The second-order valence-corrected chi connectivity index (χ2v) is 8.90. The van der Waals surface area contributed by atoms with Crippen LogP contribution < -0.4 is 19.5 Å². The zero-order valence-corrected chi connectivity index (χ0v) is 19.2. The van der Waals surface area contributed by atoms with E-state index in [1.807, 2.05) is 13.0 Å². The average molecular weight is 475 g/mol. The van der Waals surface area contributed by atoms with Gasteiger partial charge in [-0.3, -0.25) is 9.52 Å². The van der Waals surface area contributed by atoms with Crippen molar-refractivity contribution in [2.75, 3.05) is 23.8 Å². The van der Waals surface area contributed by atoms with Gasteiger partial charge in [0, 0.05) is 10.6 Å². The highest BCUT2D eigenvalue weighted by atomic mass is 35.5. The summed E-state index contributed by atoms with van der Waals surface area (Å²) in [5, 5.41) is 3.12. The quantitative estimate of drug-likeness (QED) is 0.445. The van der Waals surface area contributed by atoms with Crippen LogP contribution >= 0.6 is 11.6 Å². The Labute approximate surface area is 192 Å². The minimum absolute atomic E-state index is 0.0808. The maximum Gasteiger partial charge on any atom is 0.262 e. The van der Waals surface area contributed by atoms with Crippen LogP contribution in [0.15, 0.2) is 71.6 Å². The molecule has 0 unspecified atom stereocenters. The Bertz CT molecular complexity index is 1210. The van der Waals surface area contributed by atoms with Gasteiger partial charge in [-0.15, -0.1) is 0 Å². The Morgan fingerprint density at radius 1 is 0.969 bits per heavy atom. The largest absolute Gasteiger partial charge is 0.495 e. The van der Waals surface area contributed by atoms with Crippen molar-refractivity contribution in [1.82, 2.24) is 0 Å². The molecule has 168 valence electrons. The van der Waals surface area contributed by atoms with Gasteiger partial charge in [0.25, 0.3) is 15.9 Å². The molecule has 3 aromatic carbocycles. The summed E-state index contributed by atoms with van der Waals surface area (Å²) in [6.07, 6.45) is 0.826. The first-order valence-electron chi connectivity index (χ1n) is 9.83. The molecule has 32 heavy (non-hydrogen) atoms. The molecule has 0 aliphatic rings. The number of nitrogens with one attached hydrogen (secondary N) is 2. The Morgan fingerprint density at radius 3 is 2.50 bits per heavy atom. The number of rotatable bonds is 9. The molecule has 3 aromatic rings. The van der Waals surface area contributed by atoms with Crippen LogP contribution in [0.5, 0.6) is 11.5 Å². The number of amides is 1. The predicted molar refractivity (Wildman–Crippen MR) is 125 cm³/mol. The first kappa shape index (κ1) is 23.4. The van der Waals surface area contributed by atoms with Crippen molar-refractivity contribution in [3.8, 4) is 11.5 Å². The topological polar surface area (TPSA) is 93.7 Å². The molecular formula is C23H23ClN2O5S. The summed E-state index contributed by atoms with van der Waals surface area (Å²) < 4.78 is 39.1. The number of carbonyl (C=O) groups is 1. The fourth-order valence-electron chi connectivity index (χ4n) is 2.87. The van der Waals surface area contributed by atoms with E-state index in [1.54, 1.807) is 30.3 Å². The van der Waals surface area contributed by atoms with Gasteiger partial charge in [0.15, 0.2) is 0 Å². The molecule has 0 fully saturated rings. The number of methoxy groups -OCH3 is 1. The molecule has 0 spiro atoms. The van der Waals surface area contributed by atoms with Gasteiger partial charge in [0.1, 0.15) is 11.5 Å². The number of hydrogen-bond acceptors (Lipinski definition) is 5. The number of ether oxygens (including phenoxy) is 2. The zero-order valence-electron chi connectivity index (χ0n) is 17.6. The van der Waals surface area contributed by atoms with Crippen LogP contribution in [0.3, 0.4) is 0 Å². The molecule has 0 aliphatic heterocycles. The van der Waals surface area contributed by atoms with Crippen LogP contribution in [-0.4, -0.2) is 28.0 Å². The highest BCUT2D eigenvalue weighted by molar-refractivity contribution is 7.92. The third-order valence-electron chi connectivity index (χ3n) is 4.41. The molecule has 0 saturated carbocycles. The Hall–Kier alpha value is -3.23. The smallest absolute Gasteiger partial charge is 0.262 e. The van der Waals surface area contributed by atoms with Gasteiger partial charge in [-0.1, -0.05) is 36.7 Å². The van der Waals surface area contributed by atoms with Gasteiger partial charge in [0.05, 0.1) is 30.0 Å². The van der Waals surface area contributed by atoms with Crippen LogP contribution in [0.4, 0.5) is 11.4 Å². The molecule has 1 amide bonds. The lowest BCUT2D eigenvalue weighted by Gasteiger charge is -2.14. The zero-order chi connectivity index (χ0) is 23.1. The monoisotopic (exact) mass is 474 g/mol. The van der Waals surface area contributed by atoms with Gasteiger partial charge in [-0.2, -0.15) is 0 Å². The van der Waals surface area contributed by atoms with Crippen LogP contribution in [0.25, 0.3) is 0 Å². The summed E-state index contributed by atoms with van der Waals surface area (Å²) in [7, 11) is -2.58. The molecule has 7 nitrogen and oxygen atoms in total. The molecule has 2 N–H and O–H groups in total. The van der Waals surface area contributed by atoms with Gasteiger partial charge in [-0.05, 0) is 55.0 Å². The first-order chi connectivity index (χ1) is 15.3. The van der Waals surface area contributed by atoms with E-state index < -0.39 is 15.9 Å². The normalized spacial score (nSPS) is 11.0. The van der Waals surface area contributed by atoms with Crippen molar-refractivity contribution < 1.29 is 22.7 Å². The van der Waals surface area contributed by atoms with E-state index in [4.69, 9.17) is 21.1 Å². The lowest BCUT2D eigenvalue weighted by atomic mass is 10.2. The van der Waals surface area contributed by atoms with Crippen LogP contribution in [-0.2, 0) is 10.0 Å². The number of sulfonamides is 1. The molecule has 0 saturated heterocycles. The second kappa shape index (κ2) is 10.4. The summed E-state index contributed by atoms with van der Waals surface area (Å²) in [5.41, 5.74) is 0.870. The number of carbonyl (C=O) groups excluding carboxylic acids is 1. The second-order valence-electron chi connectivity index (χ2n) is 6.78.